The van der Waals surface area contributed by atoms with Gasteiger partial charge in [0, 0.05) is 18.8 Å². The van der Waals surface area contributed by atoms with Crippen molar-refractivity contribution in [3.8, 4) is 5.75 Å². The highest BCUT2D eigenvalue weighted by atomic mass is 32.2. The van der Waals surface area contributed by atoms with Gasteiger partial charge in [-0.15, -0.1) is 10.2 Å². The lowest BCUT2D eigenvalue weighted by molar-refractivity contribution is -0.119. The summed E-state index contributed by atoms with van der Waals surface area (Å²) in [7, 11) is 1.63. The van der Waals surface area contributed by atoms with Crippen molar-refractivity contribution in [2.75, 3.05) is 31.3 Å². The average molecular weight is 380 g/mol. The molecule has 0 radical (unpaired) electrons. The molecule has 2 N–H and O–H groups in total. The van der Waals surface area contributed by atoms with E-state index in [9.17, 15) is 4.79 Å². The SMILES string of the molecule is COc1ccc(Nc2nnc(SCC(=O)NC[C@H]3CCCO3)s2)cc1. The fourth-order valence-electron chi connectivity index (χ4n) is 2.33. The number of hydrogen-bond acceptors (Lipinski definition) is 8. The molecular formula is C16H20N4O3S2. The van der Waals surface area contributed by atoms with Crippen LogP contribution >= 0.6 is 23.1 Å². The van der Waals surface area contributed by atoms with Crippen LogP contribution in [0.2, 0.25) is 0 Å². The second kappa shape index (κ2) is 9.02. The van der Waals surface area contributed by atoms with Crippen molar-refractivity contribution < 1.29 is 14.3 Å². The lowest BCUT2D eigenvalue weighted by atomic mass is 10.2. The van der Waals surface area contributed by atoms with Crippen LogP contribution in [0.3, 0.4) is 0 Å². The molecule has 1 aromatic carbocycles. The normalized spacial score (nSPS) is 16.6. The minimum absolute atomic E-state index is 0.0136. The molecule has 0 bridgehead atoms. The Bertz CT molecular complexity index is 687. The zero-order valence-corrected chi connectivity index (χ0v) is 15.5. The van der Waals surface area contributed by atoms with E-state index in [2.05, 4.69) is 20.8 Å². The molecular weight excluding hydrogens is 360 g/mol. The highest BCUT2D eigenvalue weighted by molar-refractivity contribution is 8.01. The lowest BCUT2D eigenvalue weighted by Crippen LogP contribution is -2.32. The van der Waals surface area contributed by atoms with E-state index in [1.54, 1.807) is 7.11 Å². The number of rotatable bonds is 8. The van der Waals surface area contributed by atoms with Gasteiger partial charge in [-0.3, -0.25) is 4.79 Å². The minimum atomic E-state index is -0.0136. The molecule has 2 heterocycles. The first kappa shape index (κ1) is 18.0. The van der Waals surface area contributed by atoms with Crippen molar-refractivity contribution in [3.05, 3.63) is 24.3 Å². The maximum absolute atomic E-state index is 11.9. The fourth-order valence-corrected chi connectivity index (χ4v) is 3.93. The molecule has 0 saturated carbocycles. The number of ether oxygens (including phenoxy) is 2. The van der Waals surface area contributed by atoms with Crippen molar-refractivity contribution >= 4 is 39.8 Å². The van der Waals surface area contributed by atoms with Crippen molar-refractivity contribution in [2.45, 2.75) is 23.3 Å². The Morgan fingerprint density at radius 3 is 2.96 bits per heavy atom. The predicted molar refractivity (Wildman–Crippen MR) is 98.9 cm³/mol. The quantitative estimate of drug-likeness (QED) is 0.681. The lowest BCUT2D eigenvalue weighted by Gasteiger charge is -2.09. The summed E-state index contributed by atoms with van der Waals surface area (Å²) in [6.45, 7) is 1.38. The third-order valence-electron chi connectivity index (χ3n) is 3.63. The number of nitrogens with one attached hydrogen (secondary N) is 2. The van der Waals surface area contributed by atoms with Gasteiger partial charge in [-0.1, -0.05) is 23.1 Å². The second-order valence-corrected chi connectivity index (χ2v) is 7.65. The number of thioether (sulfide) groups is 1. The van der Waals surface area contributed by atoms with E-state index in [-0.39, 0.29) is 12.0 Å². The van der Waals surface area contributed by atoms with Crippen molar-refractivity contribution in [1.82, 2.24) is 15.5 Å². The van der Waals surface area contributed by atoms with Gasteiger partial charge in [0.15, 0.2) is 4.34 Å². The predicted octanol–water partition coefficient (Wildman–Crippen LogP) is 2.68. The van der Waals surface area contributed by atoms with Gasteiger partial charge in [-0.05, 0) is 37.1 Å². The fraction of sp³-hybridized carbons (Fsp3) is 0.438. The molecule has 0 aliphatic carbocycles. The van der Waals surface area contributed by atoms with Gasteiger partial charge in [-0.2, -0.15) is 0 Å². The number of amides is 1. The molecule has 1 saturated heterocycles. The third kappa shape index (κ3) is 5.58. The van der Waals surface area contributed by atoms with Gasteiger partial charge in [0.25, 0.3) is 0 Å². The summed E-state index contributed by atoms with van der Waals surface area (Å²) in [5.74, 6) is 1.11. The molecule has 2 aromatic rings. The molecule has 0 spiro atoms. The van der Waals surface area contributed by atoms with Crippen LogP contribution in [0, 0.1) is 0 Å². The van der Waals surface area contributed by atoms with Gasteiger partial charge in [0.05, 0.1) is 19.0 Å². The Morgan fingerprint density at radius 2 is 2.24 bits per heavy atom. The summed E-state index contributed by atoms with van der Waals surface area (Å²) in [6, 6.07) is 7.56. The van der Waals surface area contributed by atoms with Crippen LogP contribution in [0.1, 0.15) is 12.8 Å². The Kier molecular flexibility index (Phi) is 6.48. The topological polar surface area (TPSA) is 85.4 Å². The van der Waals surface area contributed by atoms with Gasteiger partial charge < -0.3 is 20.1 Å². The van der Waals surface area contributed by atoms with Crippen LogP contribution in [0.25, 0.3) is 0 Å². The molecule has 0 unspecified atom stereocenters. The van der Waals surface area contributed by atoms with Crippen LogP contribution in [0.15, 0.2) is 28.6 Å². The smallest absolute Gasteiger partial charge is 0.230 e. The first-order valence-electron chi connectivity index (χ1n) is 7.98. The second-order valence-electron chi connectivity index (χ2n) is 5.45. The molecule has 1 aromatic heterocycles. The van der Waals surface area contributed by atoms with Crippen LogP contribution in [0.5, 0.6) is 5.75 Å². The highest BCUT2D eigenvalue weighted by Crippen LogP contribution is 2.28. The zero-order chi connectivity index (χ0) is 17.5. The van der Waals surface area contributed by atoms with Crippen LogP contribution in [-0.4, -0.2) is 48.2 Å². The first-order chi connectivity index (χ1) is 12.2. The average Bonchev–Trinajstić information content (AvgIpc) is 3.31. The molecule has 1 amide bonds. The van der Waals surface area contributed by atoms with E-state index < -0.39 is 0 Å². The van der Waals surface area contributed by atoms with Crippen LogP contribution < -0.4 is 15.4 Å². The number of anilines is 2. The summed E-state index contributed by atoms with van der Waals surface area (Å²) in [6.07, 6.45) is 2.25. The van der Waals surface area contributed by atoms with Crippen molar-refractivity contribution in [3.63, 3.8) is 0 Å². The number of carbonyl (C=O) groups excluding carboxylic acids is 1. The largest absolute Gasteiger partial charge is 0.497 e. The van der Waals surface area contributed by atoms with Gasteiger partial charge >= 0.3 is 0 Å². The van der Waals surface area contributed by atoms with E-state index in [0.717, 1.165) is 35.2 Å². The van der Waals surface area contributed by atoms with Gasteiger partial charge in [-0.25, -0.2) is 0 Å². The molecule has 25 heavy (non-hydrogen) atoms. The zero-order valence-electron chi connectivity index (χ0n) is 13.9. The summed E-state index contributed by atoms with van der Waals surface area (Å²) in [5, 5.41) is 15.0. The van der Waals surface area contributed by atoms with Crippen molar-refractivity contribution in [2.24, 2.45) is 0 Å². The highest BCUT2D eigenvalue weighted by Gasteiger charge is 2.16. The number of carbonyl (C=O) groups is 1. The van der Waals surface area contributed by atoms with E-state index >= 15 is 0 Å². The van der Waals surface area contributed by atoms with Crippen molar-refractivity contribution in [1.29, 1.82) is 0 Å². The molecule has 134 valence electrons. The number of nitrogens with zero attached hydrogens (tertiary/aromatic N) is 2. The van der Waals surface area contributed by atoms with E-state index in [0.29, 0.717) is 17.4 Å². The minimum Gasteiger partial charge on any atom is -0.497 e. The van der Waals surface area contributed by atoms with E-state index in [1.807, 2.05) is 24.3 Å². The van der Waals surface area contributed by atoms with Crippen LogP contribution in [-0.2, 0) is 9.53 Å². The maximum Gasteiger partial charge on any atom is 0.230 e. The maximum atomic E-state index is 11.9. The third-order valence-corrected chi connectivity index (χ3v) is 5.60. The molecule has 7 nitrogen and oxygen atoms in total. The van der Waals surface area contributed by atoms with Crippen LogP contribution in [0.4, 0.5) is 10.8 Å². The number of hydrogen-bond donors (Lipinski definition) is 2. The molecule has 1 aliphatic heterocycles. The Hall–Kier alpha value is -1.84. The number of benzene rings is 1. The van der Waals surface area contributed by atoms with E-state index in [1.165, 1.54) is 23.1 Å². The monoisotopic (exact) mass is 380 g/mol. The summed E-state index contributed by atoms with van der Waals surface area (Å²) in [4.78, 5) is 11.9. The van der Waals surface area contributed by atoms with Gasteiger partial charge in [0.1, 0.15) is 5.75 Å². The molecule has 9 heteroatoms. The first-order valence-corrected chi connectivity index (χ1v) is 9.79. The Labute approximate surface area is 154 Å². The van der Waals surface area contributed by atoms with Gasteiger partial charge in [0.2, 0.25) is 11.0 Å². The number of methoxy groups -OCH3 is 1. The summed E-state index contributed by atoms with van der Waals surface area (Å²) >= 11 is 2.80. The summed E-state index contributed by atoms with van der Waals surface area (Å²) in [5.41, 5.74) is 0.905. The molecule has 1 fully saturated rings. The molecule has 1 atom stereocenters. The Morgan fingerprint density at radius 1 is 1.40 bits per heavy atom. The Balaban J connectivity index is 1.42. The number of aromatic nitrogens is 2. The standard InChI is InChI=1S/C16H20N4O3S2/c1-22-12-6-4-11(5-7-12)18-15-19-20-16(25-15)24-10-14(21)17-9-13-3-2-8-23-13/h4-7,13H,2-3,8-10H2,1H3,(H,17,21)(H,18,19)/t13-/m1/s1. The van der Waals surface area contributed by atoms with E-state index in [4.69, 9.17) is 9.47 Å². The molecule has 1 aliphatic rings. The summed E-state index contributed by atoms with van der Waals surface area (Å²) < 4.78 is 11.4. The molecule has 3 rings (SSSR count).